The summed E-state index contributed by atoms with van der Waals surface area (Å²) in [5, 5.41) is 0. The average Bonchev–Trinajstić information content (AvgIpc) is 2.92. The smallest absolute Gasteiger partial charge is 0.374 e. The number of benzene rings is 1. The molecule has 0 aliphatic carbocycles. The first-order valence-corrected chi connectivity index (χ1v) is 6.52. The topological polar surface area (TPSA) is 75.0 Å². The quantitative estimate of drug-likeness (QED) is 0.603. The number of methoxy groups -OCH3 is 2. The summed E-state index contributed by atoms with van der Waals surface area (Å²) < 4.78 is 20.8. The van der Waals surface area contributed by atoms with E-state index in [2.05, 4.69) is 4.74 Å². The van der Waals surface area contributed by atoms with E-state index in [-0.39, 0.29) is 12.4 Å². The second-order valence-electron chi connectivity index (χ2n) is 4.53. The summed E-state index contributed by atoms with van der Waals surface area (Å²) in [5.41, 5.74) is 1.17. The number of rotatable bonds is 6. The Labute approximate surface area is 127 Å². The molecule has 1 heterocycles. The Morgan fingerprint density at radius 1 is 1.23 bits per heavy atom. The van der Waals surface area contributed by atoms with Crippen LogP contribution >= 0.6 is 0 Å². The molecule has 0 radical (unpaired) electrons. The molecule has 0 unspecified atom stereocenters. The zero-order valence-electron chi connectivity index (χ0n) is 12.5. The van der Waals surface area contributed by atoms with Crippen molar-refractivity contribution in [1.29, 1.82) is 0 Å². The molecule has 0 aliphatic heterocycles. The molecule has 0 spiro atoms. The minimum Gasteiger partial charge on any atom is -0.493 e. The number of carbonyl (C=O) groups excluding carboxylic acids is 2. The normalized spacial score (nSPS) is 10.1. The van der Waals surface area contributed by atoms with Crippen molar-refractivity contribution >= 4 is 12.3 Å². The lowest BCUT2D eigenvalue weighted by atomic mass is 10.2. The molecule has 0 fully saturated rings. The van der Waals surface area contributed by atoms with Crippen molar-refractivity contribution in [2.75, 3.05) is 14.2 Å². The zero-order valence-corrected chi connectivity index (χ0v) is 12.5. The number of aldehydes is 1. The predicted molar refractivity (Wildman–Crippen MR) is 77.5 cm³/mol. The molecule has 22 heavy (non-hydrogen) atoms. The lowest BCUT2D eigenvalue weighted by Gasteiger charge is -2.09. The molecule has 6 nitrogen and oxygen atoms in total. The molecule has 1 aromatic heterocycles. The molecule has 0 amide bonds. The van der Waals surface area contributed by atoms with Gasteiger partial charge >= 0.3 is 5.97 Å². The minimum absolute atomic E-state index is 0.120. The van der Waals surface area contributed by atoms with Gasteiger partial charge in [0.1, 0.15) is 18.7 Å². The fourth-order valence-electron chi connectivity index (χ4n) is 1.94. The van der Waals surface area contributed by atoms with Crippen LogP contribution in [-0.4, -0.2) is 26.5 Å². The van der Waals surface area contributed by atoms with Crippen LogP contribution in [0.15, 0.2) is 28.7 Å². The third-order valence-corrected chi connectivity index (χ3v) is 3.03. The van der Waals surface area contributed by atoms with Gasteiger partial charge in [-0.3, -0.25) is 4.79 Å². The van der Waals surface area contributed by atoms with Crippen molar-refractivity contribution in [3.8, 4) is 11.5 Å². The Morgan fingerprint density at radius 2 is 2.00 bits per heavy atom. The van der Waals surface area contributed by atoms with E-state index < -0.39 is 5.97 Å². The van der Waals surface area contributed by atoms with Crippen LogP contribution < -0.4 is 9.47 Å². The summed E-state index contributed by atoms with van der Waals surface area (Å²) in [5.74, 6) is 1.03. The maximum atomic E-state index is 11.5. The largest absolute Gasteiger partial charge is 0.493 e. The van der Waals surface area contributed by atoms with Crippen LogP contribution in [0.5, 0.6) is 11.5 Å². The van der Waals surface area contributed by atoms with Gasteiger partial charge in [-0.1, -0.05) is 0 Å². The van der Waals surface area contributed by atoms with Gasteiger partial charge in [0.25, 0.3) is 0 Å². The first-order chi connectivity index (χ1) is 10.6. The summed E-state index contributed by atoms with van der Waals surface area (Å²) >= 11 is 0. The van der Waals surface area contributed by atoms with E-state index in [1.165, 1.54) is 14.2 Å². The molecule has 0 bridgehead atoms. The van der Waals surface area contributed by atoms with E-state index in [0.29, 0.717) is 28.4 Å². The van der Waals surface area contributed by atoms with Gasteiger partial charge in [-0.15, -0.1) is 0 Å². The number of esters is 1. The summed E-state index contributed by atoms with van der Waals surface area (Å²) in [6.45, 7) is 1.87. The Hall–Kier alpha value is -2.76. The zero-order chi connectivity index (χ0) is 16.1. The highest BCUT2D eigenvalue weighted by Gasteiger charge is 2.16. The first kappa shape index (κ1) is 15.6. The van der Waals surface area contributed by atoms with Crippen LogP contribution in [0.1, 0.15) is 32.2 Å². The van der Waals surface area contributed by atoms with Gasteiger partial charge in [-0.2, -0.15) is 0 Å². The molecule has 0 aliphatic rings. The van der Waals surface area contributed by atoms with Gasteiger partial charge in [0.05, 0.1) is 14.2 Å². The van der Waals surface area contributed by atoms with E-state index in [1.807, 2.05) is 0 Å². The third-order valence-electron chi connectivity index (χ3n) is 3.03. The van der Waals surface area contributed by atoms with Gasteiger partial charge < -0.3 is 18.6 Å². The highest BCUT2D eigenvalue weighted by Crippen LogP contribution is 2.28. The Bertz CT molecular complexity index is 686. The minimum atomic E-state index is -0.531. The number of aryl methyl sites for hydroxylation is 1. The summed E-state index contributed by atoms with van der Waals surface area (Å²) in [7, 11) is 2.78. The van der Waals surface area contributed by atoms with Crippen LogP contribution in [0, 0.1) is 6.92 Å². The fraction of sp³-hybridized carbons (Fsp3) is 0.250. The van der Waals surface area contributed by atoms with Crippen molar-refractivity contribution in [3.05, 3.63) is 46.9 Å². The van der Waals surface area contributed by atoms with Gasteiger partial charge in [-0.05, 0) is 31.2 Å². The molecule has 1 aromatic carbocycles. The molecule has 0 saturated carbocycles. The lowest BCUT2D eigenvalue weighted by Crippen LogP contribution is -2.01. The Kier molecular flexibility index (Phi) is 4.83. The summed E-state index contributed by atoms with van der Waals surface area (Å²) in [4.78, 5) is 22.2. The van der Waals surface area contributed by atoms with Crippen LogP contribution in [-0.2, 0) is 11.3 Å². The van der Waals surface area contributed by atoms with E-state index >= 15 is 0 Å². The predicted octanol–water partition coefficient (Wildman–Crippen LogP) is 2.77. The monoisotopic (exact) mass is 304 g/mol. The first-order valence-electron chi connectivity index (χ1n) is 6.52. The Morgan fingerprint density at radius 3 is 2.64 bits per heavy atom. The lowest BCUT2D eigenvalue weighted by molar-refractivity contribution is 0.0559. The van der Waals surface area contributed by atoms with Crippen LogP contribution in [0.4, 0.5) is 0 Å². The van der Waals surface area contributed by atoms with Gasteiger partial charge in [-0.25, -0.2) is 4.79 Å². The number of hydrogen-bond acceptors (Lipinski definition) is 6. The molecule has 0 saturated heterocycles. The van der Waals surface area contributed by atoms with Gasteiger partial charge in [0.15, 0.2) is 11.5 Å². The van der Waals surface area contributed by atoms with E-state index in [1.54, 1.807) is 31.2 Å². The average molecular weight is 304 g/mol. The highest BCUT2D eigenvalue weighted by atomic mass is 16.5. The van der Waals surface area contributed by atoms with Crippen molar-refractivity contribution < 1.29 is 28.2 Å². The number of furan rings is 1. The van der Waals surface area contributed by atoms with Crippen LogP contribution in [0.3, 0.4) is 0 Å². The third kappa shape index (κ3) is 3.28. The standard InChI is InChI=1S/C16H16O6/c1-10-6-12(22-15(10)16(18)20-3)9-21-13-5-4-11(8-17)7-14(13)19-2/h4-8H,9H2,1-3H3. The second-order valence-corrected chi connectivity index (χ2v) is 4.53. The maximum Gasteiger partial charge on any atom is 0.374 e. The number of carbonyl (C=O) groups is 2. The Balaban J connectivity index is 2.13. The van der Waals surface area contributed by atoms with Crippen LogP contribution in [0.25, 0.3) is 0 Å². The van der Waals surface area contributed by atoms with Gasteiger partial charge in [0.2, 0.25) is 5.76 Å². The van der Waals surface area contributed by atoms with Crippen molar-refractivity contribution in [2.24, 2.45) is 0 Å². The second kappa shape index (κ2) is 6.80. The van der Waals surface area contributed by atoms with E-state index in [0.717, 1.165) is 6.29 Å². The highest BCUT2D eigenvalue weighted by molar-refractivity contribution is 5.87. The molecular formula is C16H16O6. The summed E-state index contributed by atoms with van der Waals surface area (Å²) in [6, 6.07) is 6.55. The number of hydrogen-bond donors (Lipinski definition) is 0. The SMILES string of the molecule is COC(=O)c1oc(COc2ccc(C=O)cc2OC)cc1C. The summed E-state index contributed by atoms with van der Waals surface area (Å²) in [6.07, 6.45) is 0.727. The fourth-order valence-corrected chi connectivity index (χ4v) is 1.94. The molecule has 0 atom stereocenters. The molecule has 2 rings (SSSR count). The molecule has 2 aromatic rings. The molecule has 6 heteroatoms. The van der Waals surface area contributed by atoms with Gasteiger partial charge in [0, 0.05) is 11.1 Å². The van der Waals surface area contributed by atoms with E-state index in [9.17, 15) is 9.59 Å². The molecular weight excluding hydrogens is 288 g/mol. The van der Waals surface area contributed by atoms with Crippen molar-refractivity contribution in [1.82, 2.24) is 0 Å². The van der Waals surface area contributed by atoms with Crippen molar-refractivity contribution in [3.63, 3.8) is 0 Å². The molecule has 116 valence electrons. The van der Waals surface area contributed by atoms with Crippen molar-refractivity contribution in [2.45, 2.75) is 13.5 Å². The molecule has 0 N–H and O–H groups in total. The number of ether oxygens (including phenoxy) is 3. The maximum absolute atomic E-state index is 11.5. The van der Waals surface area contributed by atoms with E-state index in [4.69, 9.17) is 13.9 Å². The van der Waals surface area contributed by atoms with Crippen LogP contribution in [0.2, 0.25) is 0 Å².